The summed E-state index contributed by atoms with van der Waals surface area (Å²) in [6, 6.07) is 6.56. The zero-order valence-corrected chi connectivity index (χ0v) is 8.99. The van der Waals surface area contributed by atoms with Gasteiger partial charge in [-0.1, -0.05) is 23.7 Å². The van der Waals surface area contributed by atoms with Gasteiger partial charge >= 0.3 is 5.97 Å². The molecular weight excluding hydrogens is 218 g/mol. The molecule has 0 bridgehead atoms. The number of carbonyl (C=O) groups is 1. The van der Waals surface area contributed by atoms with Crippen molar-refractivity contribution in [2.45, 2.75) is 12.3 Å². The highest BCUT2D eigenvalue weighted by Crippen LogP contribution is 2.25. The number of hydrogen-bond donors (Lipinski definition) is 2. The highest BCUT2D eigenvalue weighted by atomic mass is 35.5. The lowest BCUT2D eigenvalue weighted by Crippen LogP contribution is -2.38. The van der Waals surface area contributed by atoms with E-state index in [1.165, 1.54) is 0 Å². The van der Waals surface area contributed by atoms with Crippen LogP contribution < -0.4 is 5.90 Å². The summed E-state index contributed by atoms with van der Waals surface area (Å²) in [4.78, 5) is 15.6. The van der Waals surface area contributed by atoms with Crippen LogP contribution >= 0.6 is 11.6 Å². The molecule has 0 aliphatic rings. The van der Waals surface area contributed by atoms with Crippen LogP contribution in [-0.2, 0) is 15.0 Å². The summed E-state index contributed by atoms with van der Waals surface area (Å²) in [5.74, 6) is 3.94. The van der Waals surface area contributed by atoms with Gasteiger partial charge in [0.25, 0.3) is 0 Å². The van der Waals surface area contributed by atoms with Gasteiger partial charge in [0.05, 0.1) is 6.61 Å². The molecule has 82 valence electrons. The average molecular weight is 230 g/mol. The number of aliphatic carboxylic acids is 1. The molecule has 3 N–H and O–H groups in total. The number of carboxylic acid groups (broad SMARTS) is 1. The summed E-state index contributed by atoms with van der Waals surface area (Å²) in [6.07, 6.45) is 0. The van der Waals surface area contributed by atoms with Gasteiger partial charge in [-0.05, 0) is 24.6 Å². The van der Waals surface area contributed by atoms with Crippen molar-refractivity contribution in [2.75, 3.05) is 6.61 Å². The molecule has 0 spiro atoms. The predicted molar refractivity (Wildman–Crippen MR) is 56.6 cm³/mol. The van der Waals surface area contributed by atoms with Crippen LogP contribution in [0.5, 0.6) is 0 Å². The predicted octanol–water partition coefficient (Wildman–Crippen LogP) is 1.57. The van der Waals surface area contributed by atoms with E-state index in [1.54, 1.807) is 31.2 Å². The van der Waals surface area contributed by atoms with E-state index in [4.69, 9.17) is 22.6 Å². The molecule has 4 nitrogen and oxygen atoms in total. The molecule has 1 unspecified atom stereocenters. The van der Waals surface area contributed by atoms with Crippen LogP contribution in [0.2, 0.25) is 5.02 Å². The topological polar surface area (TPSA) is 72.5 Å². The molecule has 0 aliphatic heterocycles. The van der Waals surface area contributed by atoms with Gasteiger partial charge in [-0.15, -0.1) is 0 Å². The minimum atomic E-state index is -1.15. The Hall–Kier alpha value is -1.10. The van der Waals surface area contributed by atoms with E-state index in [9.17, 15) is 4.79 Å². The van der Waals surface area contributed by atoms with Crippen LogP contribution in [0.15, 0.2) is 24.3 Å². The van der Waals surface area contributed by atoms with Crippen molar-refractivity contribution in [2.24, 2.45) is 5.90 Å². The Morgan fingerprint density at radius 2 is 2.07 bits per heavy atom. The van der Waals surface area contributed by atoms with E-state index < -0.39 is 11.4 Å². The molecule has 0 radical (unpaired) electrons. The van der Waals surface area contributed by atoms with Crippen molar-refractivity contribution in [3.63, 3.8) is 0 Å². The van der Waals surface area contributed by atoms with Crippen molar-refractivity contribution < 1.29 is 14.7 Å². The summed E-state index contributed by atoms with van der Waals surface area (Å²) >= 11 is 5.72. The largest absolute Gasteiger partial charge is 0.481 e. The second-order valence-electron chi connectivity index (χ2n) is 3.46. The standard InChI is InChI=1S/C10H12ClNO3/c1-10(6-15-12,9(13)14)7-2-4-8(11)5-3-7/h2-5H,6,12H2,1H3,(H,13,14). The van der Waals surface area contributed by atoms with Crippen molar-refractivity contribution in [3.8, 4) is 0 Å². The lowest BCUT2D eigenvalue weighted by atomic mass is 9.83. The minimum Gasteiger partial charge on any atom is -0.481 e. The lowest BCUT2D eigenvalue weighted by Gasteiger charge is -2.23. The van der Waals surface area contributed by atoms with E-state index in [0.29, 0.717) is 10.6 Å². The molecular formula is C10H12ClNO3. The van der Waals surface area contributed by atoms with Crippen molar-refractivity contribution >= 4 is 17.6 Å². The van der Waals surface area contributed by atoms with Crippen molar-refractivity contribution in [1.29, 1.82) is 0 Å². The molecule has 0 aliphatic carbocycles. The Labute approximate surface area is 92.6 Å². The molecule has 0 saturated heterocycles. The van der Waals surface area contributed by atoms with Crippen molar-refractivity contribution in [3.05, 3.63) is 34.9 Å². The normalized spacial score (nSPS) is 14.6. The fourth-order valence-corrected chi connectivity index (χ4v) is 1.38. The summed E-state index contributed by atoms with van der Waals surface area (Å²) in [5.41, 5.74) is -0.552. The smallest absolute Gasteiger partial charge is 0.316 e. The Morgan fingerprint density at radius 1 is 1.53 bits per heavy atom. The Bertz CT molecular complexity index is 352. The lowest BCUT2D eigenvalue weighted by molar-refractivity contribution is -0.145. The highest BCUT2D eigenvalue weighted by molar-refractivity contribution is 6.30. The van der Waals surface area contributed by atoms with Gasteiger partial charge in [0.1, 0.15) is 5.41 Å². The fraction of sp³-hybridized carbons (Fsp3) is 0.300. The molecule has 0 amide bonds. The Kier molecular flexibility index (Phi) is 3.68. The fourth-order valence-electron chi connectivity index (χ4n) is 1.25. The minimum absolute atomic E-state index is 0.0933. The van der Waals surface area contributed by atoms with Crippen LogP contribution in [0, 0.1) is 0 Å². The van der Waals surface area contributed by atoms with Gasteiger partial charge < -0.3 is 9.94 Å². The number of halogens is 1. The third kappa shape index (κ3) is 2.47. The number of benzene rings is 1. The molecule has 0 aromatic heterocycles. The van der Waals surface area contributed by atoms with E-state index in [1.807, 2.05) is 0 Å². The first-order valence-electron chi connectivity index (χ1n) is 4.32. The second kappa shape index (κ2) is 4.61. The van der Waals surface area contributed by atoms with Gasteiger partial charge in [0.2, 0.25) is 0 Å². The molecule has 5 heteroatoms. The van der Waals surface area contributed by atoms with E-state index in [-0.39, 0.29) is 6.61 Å². The zero-order chi connectivity index (χ0) is 11.5. The highest BCUT2D eigenvalue weighted by Gasteiger charge is 2.35. The monoisotopic (exact) mass is 229 g/mol. The molecule has 1 rings (SSSR count). The number of hydrogen-bond acceptors (Lipinski definition) is 3. The molecule has 1 aromatic rings. The summed E-state index contributed by atoms with van der Waals surface area (Å²) in [6.45, 7) is 1.45. The first kappa shape index (κ1) is 12.0. The Morgan fingerprint density at radius 3 is 2.47 bits per heavy atom. The molecule has 0 saturated carbocycles. The van der Waals surface area contributed by atoms with Crippen LogP contribution in [-0.4, -0.2) is 17.7 Å². The van der Waals surface area contributed by atoms with Crippen molar-refractivity contribution in [1.82, 2.24) is 0 Å². The van der Waals surface area contributed by atoms with E-state index in [0.717, 1.165) is 0 Å². The maximum absolute atomic E-state index is 11.1. The zero-order valence-electron chi connectivity index (χ0n) is 8.24. The van der Waals surface area contributed by atoms with E-state index >= 15 is 0 Å². The molecule has 0 heterocycles. The third-order valence-electron chi connectivity index (χ3n) is 2.33. The number of carboxylic acids is 1. The SMILES string of the molecule is CC(CON)(C(=O)O)c1ccc(Cl)cc1. The second-order valence-corrected chi connectivity index (χ2v) is 3.89. The van der Waals surface area contributed by atoms with Gasteiger partial charge in [-0.2, -0.15) is 0 Å². The van der Waals surface area contributed by atoms with Crippen LogP contribution in [0.3, 0.4) is 0 Å². The first-order chi connectivity index (χ1) is 7.00. The van der Waals surface area contributed by atoms with Crippen LogP contribution in [0.25, 0.3) is 0 Å². The van der Waals surface area contributed by atoms with Gasteiger partial charge in [-0.25, -0.2) is 5.90 Å². The summed E-state index contributed by atoms with van der Waals surface area (Å²) in [5, 5.41) is 9.67. The van der Waals surface area contributed by atoms with Gasteiger partial charge in [-0.3, -0.25) is 4.79 Å². The Balaban J connectivity index is 3.09. The first-order valence-corrected chi connectivity index (χ1v) is 4.69. The molecule has 0 fully saturated rings. The van der Waals surface area contributed by atoms with E-state index in [2.05, 4.69) is 4.84 Å². The number of rotatable bonds is 4. The number of nitrogens with two attached hydrogens (primary N) is 1. The van der Waals surface area contributed by atoms with Crippen LogP contribution in [0.4, 0.5) is 0 Å². The van der Waals surface area contributed by atoms with Gasteiger partial charge in [0.15, 0.2) is 0 Å². The maximum atomic E-state index is 11.1. The summed E-state index contributed by atoms with van der Waals surface area (Å²) < 4.78 is 0. The maximum Gasteiger partial charge on any atom is 0.316 e. The molecule has 1 atom stereocenters. The van der Waals surface area contributed by atoms with Gasteiger partial charge in [0, 0.05) is 5.02 Å². The quantitative estimate of drug-likeness (QED) is 0.769. The third-order valence-corrected chi connectivity index (χ3v) is 2.58. The summed E-state index contributed by atoms with van der Waals surface area (Å²) in [7, 11) is 0. The molecule has 1 aromatic carbocycles. The average Bonchev–Trinajstić information content (AvgIpc) is 2.18. The van der Waals surface area contributed by atoms with Crippen LogP contribution in [0.1, 0.15) is 12.5 Å². The molecule has 15 heavy (non-hydrogen) atoms.